The smallest absolute Gasteiger partial charge is 0.243 e. The number of nitrogens with one attached hydrogen (secondary N) is 1. The lowest BCUT2D eigenvalue weighted by Crippen LogP contribution is -2.20. The van der Waals surface area contributed by atoms with E-state index in [4.69, 9.17) is 0 Å². The Kier molecular flexibility index (Phi) is 4.65. The van der Waals surface area contributed by atoms with Gasteiger partial charge in [-0.25, -0.2) is 4.98 Å². The molecule has 0 spiro atoms. The molecule has 0 amide bonds. The second kappa shape index (κ2) is 5.77. The first-order valence-electron chi connectivity index (χ1n) is 5.97. The molecule has 1 rings (SSSR count). The third-order valence-electron chi connectivity index (χ3n) is 2.92. The van der Waals surface area contributed by atoms with Gasteiger partial charge in [0.2, 0.25) is 5.95 Å². The predicted molar refractivity (Wildman–Crippen MR) is 66.5 cm³/mol. The minimum absolute atomic E-state index is 0.388. The number of aromatic nitrogens is 3. The monoisotopic (exact) mass is 222 g/mol. The van der Waals surface area contributed by atoms with Crippen LogP contribution in [-0.4, -0.2) is 21.2 Å². The van der Waals surface area contributed by atoms with Crippen LogP contribution in [0.3, 0.4) is 0 Å². The fraction of sp³-hybridized carbons (Fsp3) is 0.750. The van der Waals surface area contributed by atoms with Crippen LogP contribution in [0.1, 0.15) is 45.0 Å². The summed E-state index contributed by atoms with van der Waals surface area (Å²) in [5, 5.41) is 11.4. The third-order valence-corrected chi connectivity index (χ3v) is 2.92. The number of nitrogens with zero attached hydrogens (tertiary/aromatic N) is 3. The van der Waals surface area contributed by atoms with Gasteiger partial charge in [-0.2, -0.15) is 5.10 Å². The topological polar surface area (TPSA) is 50.7 Å². The Hall–Kier alpha value is -1.19. The molecule has 1 heterocycles. The van der Waals surface area contributed by atoms with Crippen molar-refractivity contribution < 1.29 is 0 Å². The van der Waals surface area contributed by atoms with Crippen LogP contribution in [0.2, 0.25) is 0 Å². The predicted octanol–water partition coefficient (Wildman–Crippen LogP) is 2.73. The van der Waals surface area contributed by atoms with Gasteiger partial charge in [0.1, 0.15) is 0 Å². The molecule has 16 heavy (non-hydrogen) atoms. The number of hydrogen-bond acceptors (Lipinski definition) is 4. The molecular weight excluding hydrogens is 200 g/mol. The van der Waals surface area contributed by atoms with Crippen molar-refractivity contribution in [1.82, 2.24) is 15.2 Å². The molecule has 0 aliphatic carbocycles. The van der Waals surface area contributed by atoms with Gasteiger partial charge >= 0.3 is 0 Å². The number of hydrogen-bond donors (Lipinski definition) is 1. The van der Waals surface area contributed by atoms with Crippen LogP contribution in [0.25, 0.3) is 0 Å². The molecule has 0 saturated heterocycles. The Morgan fingerprint density at radius 2 is 1.81 bits per heavy atom. The summed E-state index contributed by atoms with van der Waals surface area (Å²) in [6.45, 7) is 10.5. The van der Waals surface area contributed by atoms with Gasteiger partial charge < -0.3 is 5.32 Å². The number of aryl methyl sites for hydroxylation is 2. The lowest BCUT2D eigenvalue weighted by atomic mass is 10.0. The van der Waals surface area contributed by atoms with Crippen molar-refractivity contribution in [1.29, 1.82) is 0 Å². The SMILES string of the molecule is CCC(C)CC(C)Nc1nnc(C)c(C)n1. The van der Waals surface area contributed by atoms with E-state index in [1.807, 2.05) is 13.8 Å². The maximum absolute atomic E-state index is 4.36. The Bertz CT molecular complexity index is 338. The molecule has 0 aliphatic heterocycles. The van der Waals surface area contributed by atoms with Crippen LogP contribution in [0, 0.1) is 19.8 Å². The largest absolute Gasteiger partial charge is 0.350 e. The van der Waals surface area contributed by atoms with Crippen LogP contribution in [0.5, 0.6) is 0 Å². The lowest BCUT2D eigenvalue weighted by Gasteiger charge is -2.17. The average molecular weight is 222 g/mol. The molecule has 90 valence electrons. The van der Waals surface area contributed by atoms with E-state index < -0.39 is 0 Å². The van der Waals surface area contributed by atoms with Gasteiger partial charge in [0, 0.05) is 6.04 Å². The van der Waals surface area contributed by atoms with Crippen LogP contribution in [0.4, 0.5) is 5.95 Å². The van der Waals surface area contributed by atoms with E-state index in [0.717, 1.165) is 23.7 Å². The Morgan fingerprint density at radius 1 is 1.12 bits per heavy atom. The molecule has 0 aromatic carbocycles. The fourth-order valence-electron chi connectivity index (χ4n) is 1.57. The van der Waals surface area contributed by atoms with Crippen LogP contribution >= 0.6 is 0 Å². The van der Waals surface area contributed by atoms with E-state index in [9.17, 15) is 0 Å². The van der Waals surface area contributed by atoms with Crippen molar-refractivity contribution in [2.75, 3.05) is 5.32 Å². The zero-order valence-corrected chi connectivity index (χ0v) is 10.9. The summed E-state index contributed by atoms with van der Waals surface area (Å²) in [5.74, 6) is 1.36. The van der Waals surface area contributed by atoms with Crippen molar-refractivity contribution >= 4 is 5.95 Å². The summed E-state index contributed by atoms with van der Waals surface area (Å²) in [4.78, 5) is 4.36. The maximum atomic E-state index is 4.36. The minimum Gasteiger partial charge on any atom is -0.350 e. The fourth-order valence-corrected chi connectivity index (χ4v) is 1.57. The van der Waals surface area contributed by atoms with E-state index in [1.54, 1.807) is 0 Å². The molecule has 1 aromatic heterocycles. The van der Waals surface area contributed by atoms with Crippen molar-refractivity contribution in [2.24, 2.45) is 5.92 Å². The molecule has 0 saturated carbocycles. The zero-order chi connectivity index (χ0) is 12.1. The van der Waals surface area contributed by atoms with Gasteiger partial charge in [-0.05, 0) is 33.1 Å². The molecule has 0 aliphatic rings. The molecule has 2 atom stereocenters. The standard InChI is InChI=1S/C12H22N4/c1-6-8(2)7-9(3)13-12-14-10(4)11(5)15-16-12/h8-9H,6-7H2,1-5H3,(H,13,14,16). The Labute approximate surface area is 97.9 Å². The molecule has 1 N–H and O–H groups in total. The van der Waals surface area contributed by atoms with Gasteiger partial charge in [-0.15, -0.1) is 5.10 Å². The summed E-state index contributed by atoms with van der Waals surface area (Å²) in [6, 6.07) is 0.388. The quantitative estimate of drug-likeness (QED) is 0.832. The molecule has 0 radical (unpaired) electrons. The first-order valence-corrected chi connectivity index (χ1v) is 5.97. The molecule has 4 heteroatoms. The average Bonchev–Trinajstić information content (AvgIpc) is 2.23. The van der Waals surface area contributed by atoms with Crippen molar-refractivity contribution in [3.05, 3.63) is 11.4 Å². The highest BCUT2D eigenvalue weighted by atomic mass is 15.2. The zero-order valence-electron chi connectivity index (χ0n) is 10.9. The van der Waals surface area contributed by atoms with E-state index in [1.165, 1.54) is 6.42 Å². The summed E-state index contributed by atoms with van der Waals surface area (Å²) >= 11 is 0. The van der Waals surface area contributed by atoms with Crippen LogP contribution in [-0.2, 0) is 0 Å². The third kappa shape index (κ3) is 3.76. The Morgan fingerprint density at radius 3 is 2.38 bits per heavy atom. The van der Waals surface area contributed by atoms with E-state index in [0.29, 0.717) is 12.0 Å². The van der Waals surface area contributed by atoms with Crippen molar-refractivity contribution in [3.63, 3.8) is 0 Å². The lowest BCUT2D eigenvalue weighted by molar-refractivity contribution is 0.482. The Balaban J connectivity index is 2.56. The summed E-state index contributed by atoms with van der Waals surface area (Å²) in [7, 11) is 0. The molecule has 0 bridgehead atoms. The van der Waals surface area contributed by atoms with Gasteiger partial charge in [0.15, 0.2) is 0 Å². The summed E-state index contributed by atoms with van der Waals surface area (Å²) < 4.78 is 0. The second-order valence-electron chi connectivity index (χ2n) is 4.60. The first-order chi connectivity index (χ1) is 7.52. The minimum atomic E-state index is 0.388. The molecule has 4 nitrogen and oxygen atoms in total. The van der Waals surface area contributed by atoms with E-state index >= 15 is 0 Å². The first kappa shape index (κ1) is 12.9. The molecule has 2 unspecified atom stereocenters. The van der Waals surface area contributed by atoms with Gasteiger partial charge in [0.05, 0.1) is 11.4 Å². The highest BCUT2D eigenvalue weighted by Gasteiger charge is 2.09. The summed E-state index contributed by atoms with van der Waals surface area (Å²) in [5.41, 5.74) is 1.83. The summed E-state index contributed by atoms with van der Waals surface area (Å²) in [6.07, 6.45) is 2.34. The highest BCUT2D eigenvalue weighted by Crippen LogP contribution is 2.12. The van der Waals surface area contributed by atoms with Crippen LogP contribution < -0.4 is 5.32 Å². The second-order valence-corrected chi connectivity index (χ2v) is 4.60. The molecule has 0 fully saturated rings. The van der Waals surface area contributed by atoms with E-state index in [-0.39, 0.29) is 0 Å². The van der Waals surface area contributed by atoms with Gasteiger partial charge in [-0.3, -0.25) is 0 Å². The number of rotatable bonds is 5. The normalized spacial score (nSPS) is 14.6. The van der Waals surface area contributed by atoms with E-state index in [2.05, 4.69) is 41.3 Å². The van der Waals surface area contributed by atoms with Gasteiger partial charge in [-0.1, -0.05) is 20.3 Å². The van der Waals surface area contributed by atoms with Crippen LogP contribution in [0.15, 0.2) is 0 Å². The molecule has 1 aromatic rings. The van der Waals surface area contributed by atoms with Crippen molar-refractivity contribution in [3.8, 4) is 0 Å². The van der Waals surface area contributed by atoms with Crippen molar-refractivity contribution in [2.45, 2.75) is 53.5 Å². The van der Waals surface area contributed by atoms with Gasteiger partial charge in [0.25, 0.3) is 0 Å². The maximum Gasteiger partial charge on any atom is 0.243 e. The highest BCUT2D eigenvalue weighted by molar-refractivity contribution is 5.25. The number of anilines is 1. The molecular formula is C12H22N4.